The van der Waals surface area contributed by atoms with Crippen LogP contribution in [0.25, 0.3) is 21.8 Å². The SMILES string of the molecule is Cc1ccc2c(c1)c1cc(C)ccc1n2[C@H]1COC[C@@H](N)[C@@H]1O. The molecule has 0 bridgehead atoms. The first-order valence-corrected chi connectivity index (χ1v) is 8.08. The lowest BCUT2D eigenvalue weighted by atomic mass is 10.0. The van der Waals surface area contributed by atoms with Crippen molar-refractivity contribution in [2.75, 3.05) is 13.2 Å². The number of benzene rings is 2. The second-order valence-corrected chi connectivity index (χ2v) is 6.67. The van der Waals surface area contributed by atoms with Gasteiger partial charge < -0.3 is 20.1 Å². The molecule has 1 saturated heterocycles. The maximum Gasteiger partial charge on any atom is 0.0943 e. The minimum Gasteiger partial charge on any atom is -0.389 e. The topological polar surface area (TPSA) is 60.4 Å². The van der Waals surface area contributed by atoms with E-state index in [1.165, 1.54) is 21.9 Å². The summed E-state index contributed by atoms with van der Waals surface area (Å²) in [6.07, 6.45) is -0.606. The number of fused-ring (bicyclic) bond motifs is 3. The maximum atomic E-state index is 10.6. The highest BCUT2D eigenvalue weighted by Gasteiger charge is 2.33. The molecule has 23 heavy (non-hydrogen) atoms. The molecule has 4 rings (SSSR count). The zero-order chi connectivity index (χ0) is 16.1. The molecule has 3 N–H and O–H groups in total. The minimum absolute atomic E-state index is 0.163. The van der Waals surface area contributed by atoms with Crippen LogP contribution in [0.15, 0.2) is 36.4 Å². The van der Waals surface area contributed by atoms with Crippen LogP contribution in [0.4, 0.5) is 0 Å². The second-order valence-electron chi connectivity index (χ2n) is 6.67. The summed E-state index contributed by atoms with van der Waals surface area (Å²) in [4.78, 5) is 0. The molecule has 0 spiro atoms. The number of hydrogen-bond acceptors (Lipinski definition) is 3. The van der Waals surface area contributed by atoms with E-state index in [4.69, 9.17) is 10.5 Å². The summed E-state index contributed by atoms with van der Waals surface area (Å²) in [6, 6.07) is 12.4. The number of hydrogen-bond donors (Lipinski definition) is 2. The summed E-state index contributed by atoms with van der Waals surface area (Å²) >= 11 is 0. The lowest BCUT2D eigenvalue weighted by molar-refractivity contribution is -0.0416. The lowest BCUT2D eigenvalue weighted by Gasteiger charge is -2.34. The Morgan fingerprint density at radius 2 is 1.57 bits per heavy atom. The molecule has 2 heterocycles. The summed E-state index contributed by atoms with van der Waals surface area (Å²) in [7, 11) is 0. The Balaban J connectivity index is 2.04. The van der Waals surface area contributed by atoms with Crippen LogP contribution in [0.1, 0.15) is 17.2 Å². The van der Waals surface area contributed by atoms with E-state index in [1.807, 2.05) is 0 Å². The summed E-state index contributed by atoms with van der Waals surface area (Å²) in [6.45, 7) is 5.10. The predicted octanol–water partition coefficient (Wildman–Crippen LogP) is 2.67. The molecule has 0 amide bonds. The van der Waals surface area contributed by atoms with E-state index in [-0.39, 0.29) is 12.1 Å². The number of aromatic nitrogens is 1. The maximum absolute atomic E-state index is 10.6. The molecule has 120 valence electrons. The van der Waals surface area contributed by atoms with Gasteiger partial charge in [0.15, 0.2) is 0 Å². The average molecular weight is 310 g/mol. The first kappa shape index (κ1) is 14.7. The number of rotatable bonds is 1. The molecule has 0 saturated carbocycles. The van der Waals surface area contributed by atoms with Crippen molar-refractivity contribution in [2.24, 2.45) is 5.73 Å². The van der Waals surface area contributed by atoms with Crippen molar-refractivity contribution in [3.05, 3.63) is 47.5 Å². The third-order valence-corrected chi connectivity index (χ3v) is 4.88. The van der Waals surface area contributed by atoms with Crippen molar-refractivity contribution in [3.63, 3.8) is 0 Å². The summed E-state index contributed by atoms with van der Waals surface area (Å²) in [5, 5.41) is 13.0. The first-order chi connectivity index (χ1) is 11.1. The smallest absolute Gasteiger partial charge is 0.0943 e. The van der Waals surface area contributed by atoms with Crippen molar-refractivity contribution in [1.82, 2.24) is 4.57 Å². The molecule has 2 aromatic carbocycles. The number of aliphatic hydroxyl groups excluding tert-OH is 1. The summed E-state index contributed by atoms with van der Waals surface area (Å²) < 4.78 is 7.83. The van der Waals surface area contributed by atoms with E-state index < -0.39 is 6.10 Å². The number of nitrogens with zero attached hydrogens (tertiary/aromatic N) is 1. The van der Waals surface area contributed by atoms with Gasteiger partial charge in [0.1, 0.15) is 0 Å². The quantitative estimate of drug-likeness (QED) is 0.726. The van der Waals surface area contributed by atoms with Gasteiger partial charge in [0.2, 0.25) is 0 Å². The molecule has 3 atom stereocenters. The van der Waals surface area contributed by atoms with E-state index in [9.17, 15) is 5.11 Å². The molecule has 1 fully saturated rings. The Morgan fingerprint density at radius 1 is 1.00 bits per heavy atom. The lowest BCUT2D eigenvalue weighted by Crippen LogP contribution is -2.49. The molecule has 0 aliphatic carbocycles. The summed E-state index contributed by atoms with van der Waals surface area (Å²) in [5.41, 5.74) is 10.7. The normalized spacial score (nSPS) is 25.3. The van der Waals surface area contributed by atoms with Gasteiger partial charge in [-0.05, 0) is 38.1 Å². The Morgan fingerprint density at radius 3 is 2.13 bits per heavy atom. The van der Waals surface area contributed by atoms with E-state index in [0.717, 1.165) is 11.0 Å². The zero-order valence-electron chi connectivity index (χ0n) is 13.5. The van der Waals surface area contributed by atoms with Crippen molar-refractivity contribution in [2.45, 2.75) is 32.0 Å². The Labute approximate surface area is 135 Å². The second kappa shape index (κ2) is 5.34. The molecule has 1 aromatic heterocycles. The molecular weight excluding hydrogens is 288 g/mol. The Bertz CT molecular complexity index is 825. The van der Waals surface area contributed by atoms with Crippen molar-refractivity contribution < 1.29 is 9.84 Å². The number of ether oxygens (including phenoxy) is 1. The molecule has 1 aliphatic rings. The van der Waals surface area contributed by atoms with Gasteiger partial charge in [-0.1, -0.05) is 23.3 Å². The van der Waals surface area contributed by atoms with Crippen molar-refractivity contribution in [1.29, 1.82) is 0 Å². The van der Waals surface area contributed by atoms with E-state index in [0.29, 0.717) is 13.2 Å². The highest BCUT2D eigenvalue weighted by Crippen LogP contribution is 2.35. The number of nitrogens with two attached hydrogens (primary N) is 1. The molecular formula is C19H22N2O2. The van der Waals surface area contributed by atoms with Gasteiger partial charge in [-0.25, -0.2) is 0 Å². The molecule has 3 aromatic rings. The average Bonchev–Trinajstić information content (AvgIpc) is 2.83. The third kappa shape index (κ3) is 2.26. The van der Waals surface area contributed by atoms with Gasteiger partial charge in [0, 0.05) is 21.8 Å². The fraction of sp³-hybridized carbons (Fsp3) is 0.368. The number of aliphatic hydroxyl groups is 1. The van der Waals surface area contributed by atoms with Crippen molar-refractivity contribution in [3.8, 4) is 0 Å². The highest BCUT2D eigenvalue weighted by molar-refractivity contribution is 6.08. The largest absolute Gasteiger partial charge is 0.389 e. The fourth-order valence-electron chi connectivity index (χ4n) is 3.67. The molecule has 0 radical (unpaired) electrons. The fourth-order valence-corrected chi connectivity index (χ4v) is 3.67. The van der Waals surface area contributed by atoms with E-state index in [1.54, 1.807) is 0 Å². The Hall–Kier alpha value is -1.88. The highest BCUT2D eigenvalue weighted by atomic mass is 16.5. The third-order valence-electron chi connectivity index (χ3n) is 4.88. The van der Waals surface area contributed by atoms with Gasteiger partial charge in [-0.15, -0.1) is 0 Å². The molecule has 1 aliphatic heterocycles. The van der Waals surface area contributed by atoms with E-state index in [2.05, 4.69) is 54.8 Å². The predicted molar refractivity (Wildman–Crippen MR) is 92.8 cm³/mol. The Kier molecular flexibility index (Phi) is 3.41. The molecule has 4 nitrogen and oxygen atoms in total. The van der Waals surface area contributed by atoms with Crippen LogP contribution in [0, 0.1) is 13.8 Å². The molecule has 0 unspecified atom stereocenters. The standard InChI is InChI=1S/C19H22N2O2/c1-11-3-5-16-13(7-11)14-8-12(2)4-6-17(14)21(16)18-10-23-9-15(20)19(18)22/h3-8,15,18-19,22H,9-10,20H2,1-2H3/t15-,18+,19+/m1/s1. The van der Waals surface area contributed by atoms with Gasteiger partial charge in [0.25, 0.3) is 0 Å². The monoisotopic (exact) mass is 310 g/mol. The van der Waals surface area contributed by atoms with Gasteiger partial charge in [0.05, 0.1) is 31.4 Å². The van der Waals surface area contributed by atoms with Crippen LogP contribution in [-0.4, -0.2) is 35.0 Å². The van der Waals surface area contributed by atoms with Gasteiger partial charge in [-0.2, -0.15) is 0 Å². The summed E-state index contributed by atoms with van der Waals surface area (Å²) in [5.74, 6) is 0. The van der Waals surface area contributed by atoms with Crippen LogP contribution < -0.4 is 5.73 Å². The van der Waals surface area contributed by atoms with Gasteiger partial charge in [-0.3, -0.25) is 0 Å². The number of aryl methyl sites for hydroxylation is 2. The zero-order valence-corrected chi connectivity index (χ0v) is 13.5. The van der Waals surface area contributed by atoms with Gasteiger partial charge >= 0.3 is 0 Å². The molecule has 4 heteroatoms. The van der Waals surface area contributed by atoms with Crippen molar-refractivity contribution >= 4 is 21.8 Å². The van der Waals surface area contributed by atoms with Crippen LogP contribution in [0.5, 0.6) is 0 Å². The van der Waals surface area contributed by atoms with Crippen LogP contribution in [0.3, 0.4) is 0 Å². The van der Waals surface area contributed by atoms with Crippen LogP contribution >= 0.6 is 0 Å². The first-order valence-electron chi connectivity index (χ1n) is 8.08. The van der Waals surface area contributed by atoms with Crippen LogP contribution in [-0.2, 0) is 4.74 Å². The van der Waals surface area contributed by atoms with E-state index >= 15 is 0 Å². The minimum atomic E-state index is -0.606. The van der Waals surface area contributed by atoms with Crippen LogP contribution in [0.2, 0.25) is 0 Å².